The van der Waals surface area contributed by atoms with Gasteiger partial charge in [-0.25, -0.2) is 8.42 Å². The van der Waals surface area contributed by atoms with Crippen LogP contribution in [0, 0.1) is 0 Å². The minimum absolute atomic E-state index is 0.0997. The summed E-state index contributed by atoms with van der Waals surface area (Å²) in [6.07, 6.45) is -3.64. The van der Waals surface area contributed by atoms with Crippen molar-refractivity contribution in [3.8, 4) is 11.5 Å². The Morgan fingerprint density at radius 3 is 2.40 bits per heavy atom. The first-order valence-electron chi connectivity index (χ1n) is 8.84. The Morgan fingerprint density at radius 1 is 1.10 bits per heavy atom. The van der Waals surface area contributed by atoms with Crippen molar-refractivity contribution >= 4 is 27.3 Å². The molecule has 1 aliphatic rings. The molecule has 0 aliphatic carbocycles. The lowest BCUT2D eigenvalue weighted by molar-refractivity contribution is -0.137. The number of ether oxygens (including phenoxy) is 2. The maximum Gasteiger partial charge on any atom is 0.416 e. The maximum atomic E-state index is 12.9. The Morgan fingerprint density at radius 2 is 1.77 bits per heavy atom. The van der Waals surface area contributed by atoms with Crippen molar-refractivity contribution < 1.29 is 35.9 Å². The van der Waals surface area contributed by atoms with Gasteiger partial charge in [0, 0.05) is 11.8 Å². The molecule has 0 bridgehead atoms. The van der Waals surface area contributed by atoms with E-state index in [2.05, 4.69) is 5.32 Å². The number of rotatable bonds is 5. The quantitative estimate of drug-likeness (QED) is 0.765. The Bertz CT molecular complexity index is 1060. The third-order valence-corrected chi connectivity index (χ3v) is 5.57. The van der Waals surface area contributed by atoms with Crippen molar-refractivity contribution in [2.24, 2.45) is 0 Å². The molecule has 2 aromatic rings. The number of hydrogen-bond donors (Lipinski definition) is 1. The summed E-state index contributed by atoms with van der Waals surface area (Å²) >= 11 is 0. The molecule has 162 valence electrons. The minimum atomic E-state index is -4.57. The van der Waals surface area contributed by atoms with Crippen LogP contribution >= 0.6 is 0 Å². The van der Waals surface area contributed by atoms with Gasteiger partial charge in [0.05, 0.1) is 17.5 Å². The van der Waals surface area contributed by atoms with E-state index < -0.39 is 33.7 Å². The number of fused-ring (bicyclic) bond motifs is 1. The van der Waals surface area contributed by atoms with Crippen LogP contribution in [0.5, 0.6) is 11.5 Å². The summed E-state index contributed by atoms with van der Waals surface area (Å²) in [5.41, 5.74) is -0.870. The molecule has 0 unspecified atom stereocenters. The summed E-state index contributed by atoms with van der Waals surface area (Å²) in [5, 5.41) is 2.34. The van der Waals surface area contributed by atoms with E-state index in [0.29, 0.717) is 24.7 Å². The first-order valence-corrected chi connectivity index (χ1v) is 10.7. The largest absolute Gasteiger partial charge is 0.486 e. The molecule has 0 aromatic heterocycles. The normalized spacial score (nSPS) is 14.7. The highest BCUT2D eigenvalue weighted by Gasteiger charge is 2.32. The van der Waals surface area contributed by atoms with Crippen molar-refractivity contribution in [1.29, 1.82) is 0 Å². The number of amides is 1. The number of hydrogen-bond acceptors (Lipinski definition) is 5. The molecule has 0 spiro atoms. The predicted molar refractivity (Wildman–Crippen MR) is 104 cm³/mol. The molecule has 1 aliphatic heterocycles. The van der Waals surface area contributed by atoms with Gasteiger partial charge in [0.2, 0.25) is 15.9 Å². The maximum absolute atomic E-state index is 12.9. The number of halogens is 3. The van der Waals surface area contributed by atoms with E-state index in [4.69, 9.17) is 9.47 Å². The molecule has 1 atom stereocenters. The molecule has 11 heteroatoms. The van der Waals surface area contributed by atoms with Gasteiger partial charge >= 0.3 is 6.18 Å². The number of carbonyl (C=O) groups excluding carboxylic acids is 1. The van der Waals surface area contributed by atoms with Crippen molar-refractivity contribution in [2.75, 3.05) is 29.1 Å². The third-order valence-electron chi connectivity index (χ3n) is 4.33. The molecule has 0 radical (unpaired) electrons. The molecule has 2 aromatic carbocycles. The fraction of sp³-hybridized carbons (Fsp3) is 0.316. The number of alkyl halides is 3. The topological polar surface area (TPSA) is 84.9 Å². The summed E-state index contributed by atoms with van der Waals surface area (Å²) in [7, 11) is -3.92. The van der Waals surface area contributed by atoms with E-state index >= 15 is 0 Å². The first kappa shape index (κ1) is 21.8. The number of carbonyl (C=O) groups is 1. The highest BCUT2D eigenvalue weighted by molar-refractivity contribution is 7.92. The van der Waals surface area contributed by atoms with Gasteiger partial charge in [0.1, 0.15) is 19.3 Å². The average Bonchev–Trinajstić information content (AvgIpc) is 2.66. The van der Waals surface area contributed by atoms with Gasteiger partial charge < -0.3 is 14.8 Å². The number of sulfonamides is 1. The van der Waals surface area contributed by atoms with Crippen LogP contribution in [0.2, 0.25) is 0 Å². The van der Waals surface area contributed by atoms with E-state index in [1.54, 1.807) is 0 Å². The Kier molecular flexibility index (Phi) is 5.84. The zero-order valence-electron chi connectivity index (χ0n) is 16.1. The summed E-state index contributed by atoms with van der Waals surface area (Å²) in [6.45, 7) is 1.99. The Balaban J connectivity index is 1.88. The monoisotopic (exact) mass is 444 g/mol. The van der Waals surface area contributed by atoms with E-state index in [0.717, 1.165) is 28.8 Å². The molecule has 30 heavy (non-hydrogen) atoms. The summed E-state index contributed by atoms with van der Waals surface area (Å²) in [6, 6.07) is 7.26. The fourth-order valence-corrected chi connectivity index (χ4v) is 4.16. The second-order valence-corrected chi connectivity index (χ2v) is 8.49. The van der Waals surface area contributed by atoms with E-state index in [1.165, 1.54) is 31.2 Å². The van der Waals surface area contributed by atoms with E-state index in [-0.39, 0.29) is 11.4 Å². The molecule has 0 fully saturated rings. The van der Waals surface area contributed by atoms with Crippen LogP contribution in [-0.2, 0) is 21.0 Å². The smallest absolute Gasteiger partial charge is 0.416 e. The average molecular weight is 444 g/mol. The molecule has 1 amide bonds. The van der Waals surface area contributed by atoms with Crippen LogP contribution in [0.15, 0.2) is 42.5 Å². The van der Waals surface area contributed by atoms with Crippen LogP contribution in [0.25, 0.3) is 0 Å². The third kappa shape index (κ3) is 4.78. The minimum Gasteiger partial charge on any atom is -0.486 e. The summed E-state index contributed by atoms with van der Waals surface area (Å²) < 4.78 is 75.2. The van der Waals surface area contributed by atoms with Crippen molar-refractivity contribution in [2.45, 2.75) is 19.1 Å². The summed E-state index contributed by atoms with van der Waals surface area (Å²) in [5.74, 6) is -0.0213. The second-order valence-electron chi connectivity index (χ2n) is 6.63. The Hall–Kier alpha value is -2.95. The lowest BCUT2D eigenvalue weighted by atomic mass is 10.2. The number of nitrogens with zero attached hydrogens (tertiary/aromatic N) is 1. The van der Waals surface area contributed by atoms with Gasteiger partial charge in [-0.15, -0.1) is 0 Å². The van der Waals surface area contributed by atoms with E-state index in [9.17, 15) is 26.4 Å². The molecule has 3 rings (SSSR count). The molecular weight excluding hydrogens is 425 g/mol. The number of anilines is 2. The fourth-order valence-electron chi connectivity index (χ4n) is 3.00. The van der Waals surface area contributed by atoms with Crippen molar-refractivity contribution in [3.05, 3.63) is 48.0 Å². The van der Waals surface area contributed by atoms with Gasteiger partial charge in [0.25, 0.3) is 0 Å². The SMILES string of the molecule is C[C@H](C(=O)Nc1cccc(C(F)(F)F)c1)N(c1ccc2c(c1)OCCO2)S(C)(=O)=O. The van der Waals surface area contributed by atoms with Gasteiger partial charge in [-0.1, -0.05) is 6.07 Å². The molecular formula is C19H19F3N2O5S. The van der Waals surface area contributed by atoms with Gasteiger partial charge in [-0.2, -0.15) is 13.2 Å². The molecule has 1 heterocycles. The molecule has 7 nitrogen and oxygen atoms in total. The number of nitrogens with one attached hydrogen (secondary N) is 1. The van der Waals surface area contributed by atoms with Crippen molar-refractivity contribution in [1.82, 2.24) is 0 Å². The van der Waals surface area contributed by atoms with Crippen LogP contribution < -0.4 is 19.1 Å². The van der Waals surface area contributed by atoms with Gasteiger partial charge in [0.15, 0.2) is 11.5 Å². The zero-order chi connectivity index (χ0) is 22.1. The Labute approximate surface area is 171 Å². The molecule has 0 saturated heterocycles. The van der Waals surface area contributed by atoms with Crippen LogP contribution in [0.4, 0.5) is 24.5 Å². The predicted octanol–water partition coefficient (Wildman–Crippen LogP) is 3.27. The van der Waals surface area contributed by atoms with Crippen LogP contribution in [0.3, 0.4) is 0 Å². The van der Waals surface area contributed by atoms with Crippen molar-refractivity contribution in [3.63, 3.8) is 0 Å². The lowest BCUT2D eigenvalue weighted by Crippen LogP contribution is -2.45. The number of benzene rings is 2. The van der Waals surface area contributed by atoms with E-state index in [1.807, 2.05) is 0 Å². The first-order chi connectivity index (χ1) is 14.0. The van der Waals surface area contributed by atoms with Crippen LogP contribution in [-0.4, -0.2) is 39.8 Å². The highest BCUT2D eigenvalue weighted by atomic mass is 32.2. The summed E-state index contributed by atoms with van der Waals surface area (Å²) in [4.78, 5) is 12.7. The highest BCUT2D eigenvalue weighted by Crippen LogP contribution is 2.35. The molecule has 1 N–H and O–H groups in total. The molecule has 0 saturated carbocycles. The van der Waals surface area contributed by atoms with Gasteiger partial charge in [-0.05, 0) is 37.3 Å². The standard InChI is InChI=1S/C19H19F3N2O5S/c1-12(18(25)23-14-5-3-4-13(10-14)19(20,21)22)24(30(2,26)27)15-6-7-16-17(11-15)29-9-8-28-16/h3-7,10-12H,8-9H2,1-2H3,(H,23,25)/t12-/m1/s1. The zero-order valence-corrected chi connectivity index (χ0v) is 16.9. The van der Waals surface area contributed by atoms with Gasteiger partial charge in [-0.3, -0.25) is 9.10 Å². The van der Waals surface area contributed by atoms with Crippen LogP contribution in [0.1, 0.15) is 12.5 Å². The second kappa shape index (κ2) is 8.05. The lowest BCUT2D eigenvalue weighted by Gasteiger charge is -2.29.